The second-order valence-electron chi connectivity index (χ2n) is 6.48. The molecule has 4 rings (SSSR count). The summed E-state index contributed by atoms with van der Waals surface area (Å²) in [5.74, 6) is 0. The fraction of sp³-hybridized carbons (Fsp3) is 0.368. The summed E-state index contributed by atoms with van der Waals surface area (Å²) in [5, 5.41) is 3.66. The average Bonchev–Trinajstić information content (AvgIpc) is 2.58. The Bertz CT molecular complexity index is 633. The molecule has 0 radical (unpaired) electrons. The molecule has 0 unspecified atom stereocenters. The van der Waals surface area contributed by atoms with Crippen LogP contribution in [0.1, 0.15) is 24.0 Å². The lowest BCUT2D eigenvalue weighted by Crippen LogP contribution is -3.12. The Kier molecular flexibility index (Phi) is 3.60. The molecule has 2 aliphatic rings. The van der Waals surface area contributed by atoms with Crippen LogP contribution in [0.25, 0.3) is 0 Å². The highest BCUT2D eigenvalue weighted by molar-refractivity contribution is 5.53. The van der Waals surface area contributed by atoms with Crippen LogP contribution in [0.4, 0.5) is 5.69 Å². The van der Waals surface area contributed by atoms with Gasteiger partial charge in [-0.1, -0.05) is 48.5 Å². The van der Waals surface area contributed by atoms with Crippen molar-refractivity contribution in [2.24, 2.45) is 0 Å². The van der Waals surface area contributed by atoms with Gasteiger partial charge in [-0.3, -0.25) is 0 Å². The molecule has 2 aliphatic heterocycles. The summed E-state index contributed by atoms with van der Waals surface area (Å²) in [6, 6.07) is 19.3. The maximum Gasteiger partial charge on any atom is 0.149 e. The fourth-order valence-corrected chi connectivity index (χ4v) is 3.60. The number of fused-ring (bicyclic) bond motifs is 1. The van der Waals surface area contributed by atoms with Crippen LogP contribution < -0.4 is 10.2 Å². The number of anilines is 1. The van der Waals surface area contributed by atoms with E-state index in [0.29, 0.717) is 0 Å². The van der Waals surface area contributed by atoms with Crippen molar-refractivity contribution in [1.82, 2.24) is 0 Å². The highest BCUT2D eigenvalue weighted by Gasteiger charge is 2.40. The molecule has 0 saturated carbocycles. The van der Waals surface area contributed by atoms with Crippen molar-refractivity contribution >= 4 is 5.69 Å². The van der Waals surface area contributed by atoms with Gasteiger partial charge in [-0.25, -0.2) is 0 Å². The van der Waals surface area contributed by atoms with E-state index >= 15 is 0 Å². The lowest BCUT2D eigenvalue weighted by molar-refractivity contribution is -0.920. The largest absolute Gasteiger partial charge is 0.357 e. The first kappa shape index (κ1) is 13.8. The zero-order valence-electron chi connectivity index (χ0n) is 12.8. The molecule has 114 valence electrons. The molecule has 2 heterocycles. The Morgan fingerprint density at radius 3 is 2.50 bits per heavy atom. The zero-order chi connectivity index (χ0) is 14.8. The Balaban J connectivity index is 1.40. The van der Waals surface area contributed by atoms with Crippen molar-refractivity contribution < 1.29 is 9.64 Å². The lowest BCUT2D eigenvalue weighted by atomic mass is 9.96. The maximum absolute atomic E-state index is 6.21. The number of likely N-dealkylation sites (tertiary alicyclic amines) is 1. The number of nitrogens with one attached hydrogen (secondary N) is 2. The molecule has 0 bridgehead atoms. The van der Waals surface area contributed by atoms with E-state index in [1.54, 1.807) is 4.90 Å². The third kappa shape index (κ3) is 2.74. The minimum absolute atomic E-state index is 0.144. The van der Waals surface area contributed by atoms with Gasteiger partial charge in [-0.05, 0) is 6.07 Å². The summed E-state index contributed by atoms with van der Waals surface area (Å²) in [6.07, 6.45) is 2.15. The molecular weight excluding hydrogens is 272 g/mol. The second-order valence-corrected chi connectivity index (χ2v) is 6.48. The predicted molar refractivity (Wildman–Crippen MR) is 87.7 cm³/mol. The second kappa shape index (κ2) is 5.75. The molecular formula is C19H23N2O+. The van der Waals surface area contributed by atoms with Crippen LogP contribution in [0.5, 0.6) is 0 Å². The van der Waals surface area contributed by atoms with Crippen LogP contribution in [0, 0.1) is 0 Å². The van der Waals surface area contributed by atoms with E-state index in [9.17, 15) is 0 Å². The molecule has 1 saturated heterocycles. The van der Waals surface area contributed by atoms with Crippen LogP contribution >= 0.6 is 0 Å². The van der Waals surface area contributed by atoms with Gasteiger partial charge in [-0.15, -0.1) is 0 Å². The minimum atomic E-state index is -0.144. The summed E-state index contributed by atoms with van der Waals surface area (Å²) < 4.78 is 6.21. The van der Waals surface area contributed by atoms with Crippen LogP contribution in [0.3, 0.4) is 0 Å². The number of hydrogen-bond acceptors (Lipinski definition) is 2. The van der Waals surface area contributed by atoms with Crippen molar-refractivity contribution in [3.8, 4) is 0 Å². The van der Waals surface area contributed by atoms with E-state index in [-0.39, 0.29) is 5.72 Å². The minimum Gasteiger partial charge on any atom is -0.357 e. The van der Waals surface area contributed by atoms with Gasteiger partial charge in [0.05, 0.1) is 19.7 Å². The monoisotopic (exact) mass is 295 g/mol. The topological polar surface area (TPSA) is 25.7 Å². The van der Waals surface area contributed by atoms with Gasteiger partial charge < -0.3 is 15.0 Å². The van der Waals surface area contributed by atoms with Crippen molar-refractivity contribution in [1.29, 1.82) is 0 Å². The average molecular weight is 295 g/mol. The van der Waals surface area contributed by atoms with E-state index in [0.717, 1.165) is 39.1 Å². The summed E-state index contributed by atoms with van der Waals surface area (Å²) in [4.78, 5) is 1.65. The normalized spacial score (nSPS) is 27.2. The van der Waals surface area contributed by atoms with Crippen molar-refractivity contribution in [2.45, 2.75) is 31.7 Å². The molecule has 0 atom stereocenters. The molecule has 22 heavy (non-hydrogen) atoms. The summed E-state index contributed by atoms with van der Waals surface area (Å²) >= 11 is 0. The van der Waals surface area contributed by atoms with Gasteiger partial charge in [0.2, 0.25) is 0 Å². The van der Waals surface area contributed by atoms with Crippen molar-refractivity contribution in [3.63, 3.8) is 0 Å². The summed E-state index contributed by atoms with van der Waals surface area (Å²) in [5.41, 5.74) is 3.80. The molecule has 3 heteroatoms. The standard InChI is InChI=1S/C19H22N2O/c1-2-6-16(7-3-1)14-21-12-10-19(11-13-21)20-18-9-5-4-8-17(18)15-22-19/h1-9,20H,10-15H2/p+1. The van der Waals surface area contributed by atoms with Crippen LogP contribution in [0.2, 0.25) is 0 Å². The van der Waals surface area contributed by atoms with Gasteiger partial charge in [0.1, 0.15) is 12.3 Å². The Morgan fingerprint density at radius 1 is 0.955 bits per heavy atom. The molecule has 1 fully saturated rings. The molecule has 2 aromatic carbocycles. The smallest absolute Gasteiger partial charge is 0.149 e. The van der Waals surface area contributed by atoms with Crippen LogP contribution in [-0.2, 0) is 17.9 Å². The number of benzene rings is 2. The van der Waals surface area contributed by atoms with Crippen LogP contribution in [-0.4, -0.2) is 18.8 Å². The molecule has 0 amide bonds. The van der Waals surface area contributed by atoms with E-state index in [1.807, 2.05) is 0 Å². The number of para-hydroxylation sites is 1. The highest BCUT2D eigenvalue weighted by atomic mass is 16.5. The lowest BCUT2D eigenvalue weighted by Gasteiger charge is -2.43. The Morgan fingerprint density at radius 2 is 1.68 bits per heavy atom. The first-order valence-electron chi connectivity index (χ1n) is 8.21. The molecule has 0 aliphatic carbocycles. The molecule has 3 nitrogen and oxygen atoms in total. The van der Waals surface area contributed by atoms with Gasteiger partial charge in [0.25, 0.3) is 0 Å². The molecule has 1 spiro atoms. The predicted octanol–water partition coefficient (Wildman–Crippen LogP) is 2.20. The third-order valence-corrected chi connectivity index (χ3v) is 4.95. The van der Waals surface area contributed by atoms with Gasteiger partial charge in [-0.2, -0.15) is 0 Å². The first-order chi connectivity index (χ1) is 10.8. The maximum atomic E-state index is 6.21. The van der Waals surface area contributed by atoms with Crippen molar-refractivity contribution in [2.75, 3.05) is 18.4 Å². The number of piperidine rings is 1. The zero-order valence-corrected chi connectivity index (χ0v) is 12.8. The van der Waals surface area contributed by atoms with E-state index in [1.165, 1.54) is 16.8 Å². The molecule has 2 N–H and O–H groups in total. The van der Waals surface area contributed by atoms with Gasteiger partial charge >= 0.3 is 0 Å². The third-order valence-electron chi connectivity index (χ3n) is 4.95. The number of quaternary nitrogens is 1. The van der Waals surface area contributed by atoms with E-state index in [2.05, 4.69) is 59.9 Å². The van der Waals surface area contributed by atoms with E-state index < -0.39 is 0 Å². The first-order valence-corrected chi connectivity index (χ1v) is 8.21. The number of hydrogen-bond donors (Lipinski definition) is 2. The number of rotatable bonds is 2. The SMILES string of the molecule is c1ccc(C[NH+]2CCC3(CC2)Nc2ccccc2CO3)cc1. The summed E-state index contributed by atoms with van der Waals surface area (Å²) in [6.45, 7) is 4.17. The van der Waals surface area contributed by atoms with E-state index in [4.69, 9.17) is 4.74 Å². The number of ether oxygens (including phenoxy) is 1. The van der Waals surface area contributed by atoms with Gasteiger partial charge in [0, 0.05) is 29.7 Å². The Hall–Kier alpha value is -1.84. The molecule has 2 aromatic rings. The fourth-order valence-electron chi connectivity index (χ4n) is 3.60. The van der Waals surface area contributed by atoms with Crippen LogP contribution in [0.15, 0.2) is 54.6 Å². The van der Waals surface area contributed by atoms with Gasteiger partial charge in [0.15, 0.2) is 0 Å². The quantitative estimate of drug-likeness (QED) is 0.888. The summed E-state index contributed by atoms with van der Waals surface area (Å²) in [7, 11) is 0. The molecule has 0 aromatic heterocycles. The highest BCUT2D eigenvalue weighted by Crippen LogP contribution is 2.33. The van der Waals surface area contributed by atoms with Crippen molar-refractivity contribution in [3.05, 3.63) is 65.7 Å². The Labute approximate surface area is 131 Å².